The van der Waals surface area contributed by atoms with E-state index in [1.54, 1.807) is 11.8 Å². The standard InChI is InChI=1S/C23H33NO5S/c1-13-9-22(5,29-16(4)27)21(28-15(3)26)24(14(2)25)20(13)30-23-10-17-6-18(11-23)8-19(7-17)12-23/h9,17-21H,6-8,10-12H2,1-5H3/t17?,18?,19?,20-,21-,22-,23?/m1/s1. The number of ether oxygens (including phenoxy) is 2. The van der Waals surface area contributed by atoms with Gasteiger partial charge in [0.25, 0.3) is 0 Å². The monoisotopic (exact) mass is 435 g/mol. The Hall–Kier alpha value is -1.50. The zero-order chi connectivity index (χ0) is 21.8. The Morgan fingerprint density at radius 1 is 1.00 bits per heavy atom. The fourth-order valence-corrected chi connectivity index (χ4v) is 8.92. The van der Waals surface area contributed by atoms with E-state index in [0.717, 1.165) is 23.3 Å². The number of carbonyl (C=O) groups is 3. The Balaban J connectivity index is 1.69. The molecular formula is C23H33NO5S. The van der Waals surface area contributed by atoms with Gasteiger partial charge in [0.2, 0.25) is 12.1 Å². The fraction of sp³-hybridized carbons (Fsp3) is 0.783. The summed E-state index contributed by atoms with van der Waals surface area (Å²) >= 11 is 1.88. The van der Waals surface area contributed by atoms with Gasteiger partial charge in [0.1, 0.15) is 5.37 Å². The minimum atomic E-state index is -1.22. The van der Waals surface area contributed by atoms with Gasteiger partial charge in [0.15, 0.2) is 5.60 Å². The average Bonchev–Trinajstić information content (AvgIpc) is 2.56. The minimum Gasteiger partial charge on any atom is -0.449 e. The molecule has 0 saturated heterocycles. The van der Waals surface area contributed by atoms with Gasteiger partial charge in [-0.05, 0) is 81.8 Å². The van der Waals surface area contributed by atoms with Crippen molar-refractivity contribution in [3.05, 3.63) is 11.6 Å². The topological polar surface area (TPSA) is 72.9 Å². The van der Waals surface area contributed by atoms with Crippen molar-refractivity contribution in [2.75, 3.05) is 0 Å². The number of esters is 2. The zero-order valence-corrected chi connectivity index (χ0v) is 19.4. The lowest BCUT2D eigenvalue weighted by Gasteiger charge is -2.58. The van der Waals surface area contributed by atoms with Crippen molar-refractivity contribution in [3.8, 4) is 0 Å². The summed E-state index contributed by atoms with van der Waals surface area (Å²) < 4.78 is 11.4. The van der Waals surface area contributed by atoms with Crippen LogP contribution in [0.2, 0.25) is 0 Å². The molecule has 5 rings (SSSR count). The van der Waals surface area contributed by atoms with Crippen LogP contribution < -0.4 is 0 Å². The molecule has 0 N–H and O–H groups in total. The second kappa shape index (κ2) is 7.57. The lowest BCUT2D eigenvalue weighted by molar-refractivity contribution is -0.200. The molecule has 1 amide bonds. The molecule has 3 atom stereocenters. The fourth-order valence-electron chi connectivity index (χ4n) is 6.83. The maximum absolute atomic E-state index is 12.9. The Morgan fingerprint density at radius 3 is 1.97 bits per heavy atom. The van der Waals surface area contributed by atoms with Crippen LogP contribution in [0.4, 0.5) is 0 Å². The Kier molecular flexibility index (Phi) is 5.48. The molecule has 0 aromatic heterocycles. The molecule has 5 aliphatic rings. The van der Waals surface area contributed by atoms with Crippen LogP contribution in [0.15, 0.2) is 11.6 Å². The van der Waals surface area contributed by atoms with Crippen molar-refractivity contribution in [2.24, 2.45) is 17.8 Å². The molecule has 1 aliphatic heterocycles. The van der Waals surface area contributed by atoms with Gasteiger partial charge in [-0.3, -0.25) is 19.3 Å². The van der Waals surface area contributed by atoms with Crippen molar-refractivity contribution >= 4 is 29.6 Å². The van der Waals surface area contributed by atoms with E-state index in [-0.39, 0.29) is 16.0 Å². The predicted molar refractivity (Wildman–Crippen MR) is 114 cm³/mol. The molecular weight excluding hydrogens is 402 g/mol. The van der Waals surface area contributed by atoms with E-state index in [1.165, 1.54) is 59.3 Å². The number of thioether (sulfide) groups is 1. The molecule has 0 aromatic rings. The van der Waals surface area contributed by atoms with E-state index in [2.05, 4.69) is 0 Å². The van der Waals surface area contributed by atoms with Gasteiger partial charge in [0, 0.05) is 25.5 Å². The number of rotatable bonds is 4. The maximum Gasteiger partial charge on any atom is 0.304 e. The van der Waals surface area contributed by atoms with Gasteiger partial charge < -0.3 is 9.47 Å². The molecule has 0 unspecified atom stereocenters. The third-order valence-electron chi connectivity index (χ3n) is 7.25. The van der Waals surface area contributed by atoms with Crippen molar-refractivity contribution in [2.45, 2.75) is 95.1 Å². The van der Waals surface area contributed by atoms with Gasteiger partial charge >= 0.3 is 11.9 Å². The Labute approximate surface area is 183 Å². The number of hydrogen-bond donors (Lipinski definition) is 0. The van der Waals surface area contributed by atoms with Crippen molar-refractivity contribution < 1.29 is 23.9 Å². The van der Waals surface area contributed by atoms with Gasteiger partial charge in [-0.2, -0.15) is 0 Å². The quantitative estimate of drug-likeness (QED) is 0.490. The number of hydrogen-bond acceptors (Lipinski definition) is 6. The number of nitrogens with zero attached hydrogens (tertiary/aromatic N) is 1. The predicted octanol–water partition coefficient (Wildman–Crippen LogP) is 4.03. The highest BCUT2D eigenvalue weighted by atomic mass is 32.2. The normalized spacial score (nSPS) is 42.0. The van der Waals surface area contributed by atoms with Gasteiger partial charge in [0.05, 0.1) is 0 Å². The summed E-state index contributed by atoms with van der Waals surface area (Å²) in [7, 11) is 0. The summed E-state index contributed by atoms with van der Waals surface area (Å²) in [4.78, 5) is 38.2. The van der Waals surface area contributed by atoms with E-state index in [0.29, 0.717) is 0 Å². The molecule has 4 bridgehead atoms. The first kappa shape index (κ1) is 21.7. The van der Waals surface area contributed by atoms with Crippen LogP contribution in [0.5, 0.6) is 0 Å². The minimum absolute atomic E-state index is 0.179. The molecule has 166 valence electrons. The molecule has 1 heterocycles. The van der Waals surface area contributed by atoms with Crippen molar-refractivity contribution in [3.63, 3.8) is 0 Å². The summed E-state index contributed by atoms with van der Waals surface area (Å²) in [6, 6.07) is 0. The second-order valence-corrected chi connectivity index (χ2v) is 11.7. The lowest BCUT2D eigenvalue weighted by Crippen LogP contribution is -2.62. The first-order valence-corrected chi connectivity index (χ1v) is 11.9. The summed E-state index contributed by atoms with van der Waals surface area (Å²) in [5.74, 6) is 1.24. The third-order valence-corrected chi connectivity index (χ3v) is 9.07. The van der Waals surface area contributed by atoms with E-state index < -0.39 is 23.8 Å². The van der Waals surface area contributed by atoms with E-state index in [4.69, 9.17) is 9.47 Å². The van der Waals surface area contributed by atoms with Gasteiger partial charge in [-0.1, -0.05) is 0 Å². The van der Waals surface area contributed by atoms with Crippen LogP contribution in [0.25, 0.3) is 0 Å². The molecule has 6 nitrogen and oxygen atoms in total. The smallest absolute Gasteiger partial charge is 0.304 e. The van der Waals surface area contributed by atoms with E-state index >= 15 is 0 Å². The summed E-state index contributed by atoms with van der Waals surface area (Å²) in [6.07, 6.45) is 8.59. The number of carbonyl (C=O) groups excluding carboxylic acids is 3. The maximum atomic E-state index is 12.9. The molecule has 4 saturated carbocycles. The van der Waals surface area contributed by atoms with Crippen molar-refractivity contribution in [1.82, 2.24) is 4.90 Å². The summed E-state index contributed by atoms with van der Waals surface area (Å²) in [5.41, 5.74) is -0.246. The molecule has 30 heavy (non-hydrogen) atoms. The van der Waals surface area contributed by atoms with Gasteiger partial charge in [-0.25, -0.2) is 0 Å². The number of amides is 1. The largest absolute Gasteiger partial charge is 0.449 e. The molecule has 4 fully saturated rings. The Morgan fingerprint density at radius 2 is 1.53 bits per heavy atom. The molecule has 0 spiro atoms. The highest BCUT2D eigenvalue weighted by Crippen LogP contribution is 2.62. The summed E-state index contributed by atoms with van der Waals surface area (Å²) in [5, 5.41) is -0.230. The van der Waals surface area contributed by atoms with Crippen LogP contribution in [0.1, 0.15) is 73.1 Å². The van der Waals surface area contributed by atoms with Crippen LogP contribution in [-0.2, 0) is 23.9 Å². The SMILES string of the molecule is CC(=O)O[C@H]1N(C(C)=O)[C@H](SC23CC4CC(CC(C4)C2)C3)C(C)=C[C@@]1(C)OC(C)=O. The highest BCUT2D eigenvalue weighted by molar-refractivity contribution is 8.01. The lowest BCUT2D eigenvalue weighted by atomic mass is 9.56. The first-order chi connectivity index (χ1) is 14.0. The average molecular weight is 436 g/mol. The highest BCUT2D eigenvalue weighted by Gasteiger charge is 2.56. The van der Waals surface area contributed by atoms with E-state index in [1.807, 2.05) is 24.8 Å². The Bertz CT molecular complexity index is 757. The van der Waals surface area contributed by atoms with E-state index in [9.17, 15) is 14.4 Å². The molecule has 7 heteroatoms. The zero-order valence-electron chi connectivity index (χ0n) is 18.6. The van der Waals surface area contributed by atoms with Gasteiger partial charge in [-0.15, -0.1) is 11.8 Å². The van der Waals surface area contributed by atoms with Crippen LogP contribution in [-0.4, -0.2) is 44.7 Å². The van der Waals surface area contributed by atoms with Crippen LogP contribution in [0.3, 0.4) is 0 Å². The third kappa shape index (κ3) is 3.90. The second-order valence-electron chi connectivity index (χ2n) is 10.1. The van der Waals surface area contributed by atoms with Crippen LogP contribution >= 0.6 is 11.8 Å². The summed E-state index contributed by atoms with van der Waals surface area (Å²) in [6.45, 7) is 7.83. The molecule has 0 radical (unpaired) electrons. The molecule has 0 aromatic carbocycles. The van der Waals surface area contributed by atoms with Crippen LogP contribution in [0, 0.1) is 17.8 Å². The molecule has 4 aliphatic carbocycles. The van der Waals surface area contributed by atoms with Crippen molar-refractivity contribution in [1.29, 1.82) is 0 Å². The first-order valence-electron chi connectivity index (χ1n) is 11.0.